The number of ether oxygens (including phenoxy) is 1. The van der Waals surface area contributed by atoms with Gasteiger partial charge in [0.05, 0.1) is 18.1 Å². The van der Waals surface area contributed by atoms with Crippen LogP contribution < -0.4 is 16.2 Å². The van der Waals surface area contributed by atoms with Crippen LogP contribution in [0.3, 0.4) is 0 Å². The van der Waals surface area contributed by atoms with Crippen molar-refractivity contribution in [3.05, 3.63) is 103 Å². The third kappa shape index (κ3) is 2.59. The zero-order valence-corrected chi connectivity index (χ0v) is 16.3. The SMILES string of the molecule is COCCn1c2c(c(=O)[nH]c1=O)C(c1ccccc1)C1=C(O)c3ccccc3C1=[NH+]2. The molecule has 5 rings (SSSR count). The van der Waals surface area contributed by atoms with Gasteiger partial charge in [0.15, 0.2) is 0 Å². The monoisotopic (exact) mass is 402 g/mol. The number of aromatic amines is 1. The Bertz CT molecular complexity index is 1330. The molecule has 0 bridgehead atoms. The maximum Gasteiger partial charge on any atom is 0.415 e. The van der Waals surface area contributed by atoms with Crippen molar-refractivity contribution >= 4 is 17.3 Å². The number of rotatable bonds is 4. The van der Waals surface area contributed by atoms with E-state index in [1.165, 1.54) is 4.57 Å². The minimum atomic E-state index is -0.525. The lowest BCUT2D eigenvalue weighted by Crippen LogP contribution is -2.72. The molecule has 1 atom stereocenters. The number of aliphatic hydroxyl groups excluding tert-OH is 1. The number of fused-ring (bicyclic) bond motifs is 4. The highest BCUT2D eigenvalue weighted by molar-refractivity contribution is 6.21. The summed E-state index contributed by atoms with van der Waals surface area (Å²) in [6.07, 6.45) is 0. The highest BCUT2D eigenvalue weighted by Crippen LogP contribution is 2.43. The molecule has 0 radical (unpaired) electrons. The third-order valence-corrected chi connectivity index (χ3v) is 5.68. The van der Waals surface area contributed by atoms with Crippen LogP contribution in [0.25, 0.3) is 5.76 Å². The van der Waals surface area contributed by atoms with Crippen molar-refractivity contribution in [3.8, 4) is 0 Å². The fraction of sp³-hybridized carbons (Fsp3) is 0.174. The van der Waals surface area contributed by atoms with Gasteiger partial charge >= 0.3 is 5.69 Å². The lowest BCUT2D eigenvalue weighted by Gasteiger charge is -2.23. The molecule has 0 saturated heterocycles. The van der Waals surface area contributed by atoms with E-state index in [0.717, 1.165) is 11.1 Å². The molecule has 3 aromatic rings. The second kappa shape index (κ2) is 6.96. The number of methoxy groups -OCH3 is 1. The van der Waals surface area contributed by atoms with Gasteiger partial charge in [-0.15, -0.1) is 0 Å². The number of aromatic nitrogens is 2. The van der Waals surface area contributed by atoms with Crippen molar-refractivity contribution in [2.45, 2.75) is 12.5 Å². The Kier molecular flexibility index (Phi) is 4.25. The van der Waals surface area contributed by atoms with E-state index in [1.54, 1.807) is 7.11 Å². The molecule has 1 aliphatic carbocycles. The molecular formula is C23H20N3O4+. The van der Waals surface area contributed by atoms with Gasteiger partial charge < -0.3 is 9.84 Å². The average Bonchev–Trinajstić information content (AvgIpc) is 3.05. The summed E-state index contributed by atoms with van der Waals surface area (Å²) in [7, 11) is 1.56. The number of nitrogens with one attached hydrogen (secondary N) is 2. The summed E-state index contributed by atoms with van der Waals surface area (Å²) >= 11 is 0. The topological polar surface area (TPSA) is 98.3 Å². The molecule has 30 heavy (non-hydrogen) atoms. The molecule has 2 heterocycles. The molecule has 3 N–H and O–H groups in total. The smallest absolute Gasteiger partial charge is 0.415 e. The van der Waals surface area contributed by atoms with Gasteiger partial charge in [-0.3, -0.25) is 9.78 Å². The summed E-state index contributed by atoms with van der Waals surface area (Å²) in [6, 6.07) is 17.0. The summed E-state index contributed by atoms with van der Waals surface area (Å²) in [5.74, 6) is 0.0440. The van der Waals surface area contributed by atoms with E-state index in [-0.39, 0.29) is 12.3 Å². The van der Waals surface area contributed by atoms with Crippen molar-refractivity contribution in [3.63, 3.8) is 0 Å². The number of aliphatic hydroxyl groups is 1. The van der Waals surface area contributed by atoms with E-state index >= 15 is 0 Å². The first-order chi connectivity index (χ1) is 14.6. The van der Waals surface area contributed by atoms with Crippen molar-refractivity contribution in [1.29, 1.82) is 0 Å². The molecule has 0 spiro atoms. The van der Waals surface area contributed by atoms with Crippen LogP contribution >= 0.6 is 0 Å². The second-order valence-electron chi connectivity index (χ2n) is 7.32. The zero-order chi connectivity index (χ0) is 20.8. The first-order valence-electron chi connectivity index (χ1n) is 9.70. The van der Waals surface area contributed by atoms with Gasteiger partial charge in [0.1, 0.15) is 23.6 Å². The van der Waals surface area contributed by atoms with Crippen molar-refractivity contribution in [1.82, 2.24) is 9.55 Å². The van der Waals surface area contributed by atoms with Crippen molar-refractivity contribution < 1.29 is 14.8 Å². The molecule has 0 saturated carbocycles. The molecule has 7 heteroatoms. The quantitative estimate of drug-likeness (QED) is 0.602. The van der Waals surface area contributed by atoms with Crippen LogP contribution in [0.15, 0.2) is 69.8 Å². The third-order valence-electron chi connectivity index (χ3n) is 5.68. The molecule has 2 aliphatic rings. The number of H-pyrrole nitrogens is 1. The normalized spacial score (nSPS) is 16.7. The summed E-state index contributed by atoms with van der Waals surface area (Å²) < 4.78 is 6.64. The van der Waals surface area contributed by atoms with E-state index in [4.69, 9.17) is 4.74 Å². The van der Waals surface area contributed by atoms with Crippen LogP contribution in [0.4, 0.5) is 5.82 Å². The molecule has 150 valence electrons. The van der Waals surface area contributed by atoms with E-state index < -0.39 is 17.2 Å². The van der Waals surface area contributed by atoms with E-state index in [1.807, 2.05) is 54.6 Å². The summed E-state index contributed by atoms with van der Waals surface area (Å²) in [5.41, 5.74) is 3.16. The fourth-order valence-electron chi connectivity index (χ4n) is 4.36. The average molecular weight is 402 g/mol. The minimum absolute atomic E-state index is 0.140. The van der Waals surface area contributed by atoms with Crippen LogP contribution in [0.1, 0.15) is 28.2 Å². The number of benzene rings is 2. The van der Waals surface area contributed by atoms with Crippen LogP contribution in [-0.2, 0) is 11.3 Å². The van der Waals surface area contributed by atoms with Gasteiger partial charge in [-0.1, -0.05) is 48.5 Å². The van der Waals surface area contributed by atoms with E-state index in [9.17, 15) is 14.7 Å². The number of nitrogens with zero attached hydrogens (tertiary/aromatic N) is 1. The molecule has 1 aromatic heterocycles. The van der Waals surface area contributed by atoms with Gasteiger partial charge in [-0.2, -0.15) is 4.57 Å². The number of allylic oxidation sites excluding steroid dienone is 1. The number of hydrogen-bond acceptors (Lipinski definition) is 4. The molecule has 0 fully saturated rings. The summed E-state index contributed by atoms with van der Waals surface area (Å²) in [5, 5.41) is 11.1. The van der Waals surface area contributed by atoms with E-state index in [2.05, 4.69) is 9.98 Å². The maximum atomic E-state index is 13.0. The van der Waals surface area contributed by atoms with Crippen LogP contribution in [0.5, 0.6) is 0 Å². The van der Waals surface area contributed by atoms with Crippen molar-refractivity contribution in [2.24, 2.45) is 0 Å². The predicted molar refractivity (Wildman–Crippen MR) is 112 cm³/mol. The molecule has 7 nitrogen and oxygen atoms in total. The summed E-state index contributed by atoms with van der Waals surface area (Å²) in [4.78, 5) is 31.3. The van der Waals surface area contributed by atoms with Gasteiger partial charge in [0, 0.05) is 18.2 Å². The molecule has 1 unspecified atom stereocenters. The van der Waals surface area contributed by atoms with Crippen LogP contribution in [0, 0.1) is 0 Å². The van der Waals surface area contributed by atoms with Crippen LogP contribution in [-0.4, -0.2) is 34.1 Å². The highest BCUT2D eigenvalue weighted by atomic mass is 16.5. The van der Waals surface area contributed by atoms with Gasteiger partial charge in [-0.05, 0) is 11.6 Å². The largest absolute Gasteiger partial charge is 0.507 e. The second-order valence-corrected chi connectivity index (χ2v) is 7.32. The van der Waals surface area contributed by atoms with Gasteiger partial charge in [0.2, 0.25) is 0 Å². The fourth-order valence-corrected chi connectivity index (χ4v) is 4.36. The van der Waals surface area contributed by atoms with Gasteiger partial charge in [0.25, 0.3) is 11.4 Å². The lowest BCUT2D eigenvalue weighted by molar-refractivity contribution is -0.364. The Balaban J connectivity index is 1.88. The van der Waals surface area contributed by atoms with E-state index in [0.29, 0.717) is 34.8 Å². The Morgan fingerprint density at radius 2 is 1.77 bits per heavy atom. The highest BCUT2D eigenvalue weighted by Gasteiger charge is 2.44. The standard InChI is InChI=1S/C23H19N3O4/c1-30-12-11-26-21-18(22(28)25-23(26)29)16(13-7-3-2-4-8-13)17-19(24-21)14-9-5-6-10-15(14)20(17)27/h2-10,16,27H,11-12H2,1H3,(H,25,28,29)/p+1. The maximum absolute atomic E-state index is 13.0. The Morgan fingerprint density at radius 3 is 2.50 bits per heavy atom. The first-order valence-corrected chi connectivity index (χ1v) is 9.70. The lowest BCUT2D eigenvalue weighted by atomic mass is 9.81. The Hall–Kier alpha value is -3.71. The first kappa shape index (κ1) is 18.3. The molecule has 0 amide bonds. The Labute approximate surface area is 171 Å². The predicted octanol–water partition coefficient (Wildman–Crippen LogP) is 0.813. The zero-order valence-electron chi connectivity index (χ0n) is 16.3. The molecule has 2 aromatic carbocycles. The summed E-state index contributed by atoms with van der Waals surface area (Å²) in [6.45, 7) is 0.596. The van der Waals surface area contributed by atoms with Crippen LogP contribution in [0.2, 0.25) is 0 Å². The molecule has 1 aliphatic heterocycles. The Morgan fingerprint density at radius 1 is 1.07 bits per heavy atom. The molecular weight excluding hydrogens is 382 g/mol. The van der Waals surface area contributed by atoms with Gasteiger partial charge in [-0.25, -0.2) is 9.79 Å². The minimum Gasteiger partial charge on any atom is -0.507 e. The van der Waals surface area contributed by atoms with Crippen molar-refractivity contribution in [2.75, 3.05) is 13.7 Å². The number of hydrogen-bond donors (Lipinski definition) is 3.